The second-order valence-electron chi connectivity index (χ2n) is 7.15. The molecule has 3 aromatic carbocycles. The van der Waals surface area contributed by atoms with Crippen LogP contribution in [0.15, 0.2) is 77.7 Å². The quantitative estimate of drug-likeness (QED) is 0.569. The molecule has 3 aromatic rings. The summed E-state index contributed by atoms with van der Waals surface area (Å²) in [7, 11) is -3.75. The Morgan fingerprint density at radius 2 is 1.57 bits per heavy atom. The topological polar surface area (TPSA) is 84.5 Å². The number of hydrogen-bond acceptors (Lipinski definition) is 4. The molecule has 0 aliphatic carbocycles. The van der Waals surface area contributed by atoms with Crippen molar-refractivity contribution in [2.24, 2.45) is 0 Å². The molecule has 0 aliphatic rings. The predicted molar refractivity (Wildman–Crippen MR) is 119 cm³/mol. The first-order chi connectivity index (χ1) is 14.2. The summed E-state index contributed by atoms with van der Waals surface area (Å²) in [4.78, 5) is 12.8. The summed E-state index contributed by atoms with van der Waals surface area (Å²) >= 11 is 0. The maximum absolute atomic E-state index is 12.6. The molecular weight excluding hydrogens is 400 g/mol. The van der Waals surface area contributed by atoms with Gasteiger partial charge in [0.1, 0.15) is 5.75 Å². The van der Waals surface area contributed by atoms with Crippen molar-refractivity contribution in [1.82, 2.24) is 0 Å². The standard InChI is InChI=1S/C23H24N2O4S/c1-16(2)29-21-9-5-7-19(15-21)24-23(26)18-6-4-8-20(14-18)25-30(27,28)22-12-10-17(3)11-13-22/h4-16,25H,1-3H3,(H,24,26). The Morgan fingerprint density at radius 3 is 2.27 bits per heavy atom. The van der Waals surface area contributed by atoms with E-state index in [9.17, 15) is 13.2 Å². The lowest BCUT2D eigenvalue weighted by molar-refractivity contribution is 0.102. The Bertz CT molecular complexity index is 1140. The van der Waals surface area contributed by atoms with Gasteiger partial charge in [0.25, 0.3) is 15.9 Å². The summed E-state index contributed by atoms with van der Waals surface area (Å²) in [5, 5.41) is 2.80. The summed E-state index contributed by atoms with van der Waals surface area (Å²) in [6, 6.07) is 20.0. The van der Waals surface area contributed by atoms with Gasteiger partial charge in [0.2, 0.25) is 0 Å². The first-order valence-corrected chi connectivity index (χ1v) is 11.0. The van der Waals surface area contributed by atoms with Crippen LogP contribution >= 0.6 is 0 Å². The minimum atomic E-state index is -3.75. The Morgan fingerprint density at radius 1 is 0.900 bits per heavy atom. The molecule has 156 valence electrons. The van der Waals surface area contributed by atoms with Crippen LogP contribution in [0.5, 0.6) is 5.75 Å². The SMILES string of the molecule is Cc1ccc(S(=O)(=O)Nc2cccc(C(=O)Nc3cccc(OC(C)C)c3)c2)cc1. The minimum absolute atomic E-state index is 0.0224. The number of carbonyl (C=O) groups is 1. The van der Waals surface area contributed by atoms with E-state index in [1.165, 1.54) is 6.07 Å². The Labute approximate surface area is 177 Å². The zero-order valence-corrected chi connectivity index (χ0v) is 17.9. The number of nitrogens with one attached hydrogen (secondary N) is 2. The molecule has 0 heterocycles. The molecule has 30 heavy (non-hydrogen) atoms. The van der Waals surface area contributed by atoms with Crippen molar-refractivity contribution < 1.29 is 17.9 Å². The van der Waals surface area contributed by atoms with Gasteiger partial charge in [-0.15, -0.1) is 0 Å². The second-order valence-corrected chi connectivity index (χ2v) is 8.83. The number of sulfonamides is 1. The molecule has 0 saturated heterocycles. The molecule has 0 unspecified atom stereocenters. The molecule has 7 heteroatoms. The molecular formula is C23H24N2O4S. The first kappa shape index (κ1) is 21.4. The number of rotatable bonds is 7. The van der Waals surface area contributed by atoms with E-state index < -0.39 is 10.0 Å². The van der Waals surface area contributed by atoms with Crippen LogP contribution in [0.1, 0.15) is 29.8 Å². The highest BCUT2D eigenvalue weighted by atomic mass is 32.2. The number of ether oxygens (including phenoxy) is 1. The lowest BCUT2D eigenvalue weighted by Crippen LogP contribution is -2.15. The zero-order valence-electron chi connectivity index (χ0n) is 17.0. The monoisotopic (exact) mass is 424 g/mol. The minimum Gasteiger partial charge on any atom is -0.491 e. The third-order valence-electron chi connectivity index (χ3n) is 4.17. The van der Waals surface area contributed by atoms with Crippen LogP contribution < -0.4 is 14.8 Å². The number of hydrogen-bond donors (Lipinski definition) is 2. The van der Waals surface area contributed by atoms with E-state index >= 15 is 0 Å². The van der Waals surface area contributed by atoms with Crippen LogP contribution in [0.4, 0.5) is 11.4 Å². The summed E-state index contributed by atoms with van der Waals surface area (Å²) in [5.74, 6) is 0.301. The number of aryl methyl sites for hydroxylation is 1. The van der Waals surface area contributed by atoms with Gasteiger partial charge < -0.3 is 10.1 Å². The van der Waals surface area contributed by atoms with Gasteiger partial charge in [-0.3, -0.25) is 9.52 Å². The van der Waals surface area contributed by atoms with Crippen LogP contribution in [0.25, 0.3) is 0 Å². The molecule has 0 aromatic heterocycles. The first-order valence-electron chi connectivity index (χ1n) is 9.50. The smallest absolute Gasteiger partial charge is 0.261 e. The molecule has 0 atom stereocenters. The molecule has 0 saturated carbocycles. The zero-order chi connectivity index (χ0) is 21.7. The molecule has 3 rings (SSSR count). The lowest BCUT2D eigenvalue weighted by Gasteiger charge is -2.12. The number of amides is 1. The van der Waals surface area contributed by atoms with Gasteiger partial charge >= 0.3 is 0 Å². The predicted octanol–water partition coefficient (Wildman–Crippen LogP) is 4.84. The number of carbonyl (C=O) groups excluding carboxylic acids is 1. The Balaban J connectivity index is 1.75. The fourth-order valence-corrected chi connectivity index (χ4v) is 3.83. The number of anilines is 2. The summed E-state index contributed by atoms with van der Waals surface area (Å²) < 4.78 is 33.3. The van der Waals surface area contributed by atoms with Gasteiger partial charge in [-0.25, -0.2) is 8.42 Å². The van der Waals surface area contributed by atoms with Gasteiger partial charge in [-0.1, -0.05) is 29.8 Å². The van der Waals surface area contributed by atoms with Crippen LogP contribution in [-0.2, 0) is 10.0 Å². The summed E-state index contributed by atoms with van der Waals surface area (Å²) in [6.07, 6.45) is 0.0224. The lowest BCUT2D eigenvalue weighted by atomic mass is 10.2. The highest BCUT2D eigenvalue weighted by Gasteiger charge is 2.15. The maximum Gasteiger partial charge on any atom is 0.261 e. The third-order valence-corrected chi connectivity index (χ3v) is 5.57. The summed E-state index contributed by atoms with van der Waals surface area (Å²) in [6.45, 7) is 5.74. The van der Waals surface area contributed by atoms with Gasteiger partial charge in [-0.05, 0) is 63.2 Å². The average molecular weight is 425 g/mol. The third kappa shape index (κ3) is 5.61. The van der Waals surface area contributed by atoms with Crippen molar-refractivity contribution in [2.45, 2.75) is 31.8 Å². The molecule has 0 aliphatic heterocycles. The molecule has 0 fully saturated rings. The van der Waals surface area contributed by atoms with Gasteiger partial charge in [0.05, 0.1) is 11.0 Å². The Kier molecular flexibility index (Phi) is 6.42. The van der Waals surface area contributed by atoms with Crippen LogP contribution in [-0.4, -0.2) is 20.4 Å². The van der Waals surface area contributed by atoms with Gasteiger partial charge in [-0.2, -0.15) is 0 Å². The molecule has 6 nitrogen and oxygen atoms in total. The van der Waals surface area contributed by atoms with E-state index in [0.29, 0.717) is 22.7 Å². The summed E-state index contributed by atoms with van der Waals surface area (Å²) in [5.41, 5.74) is 2.19. The molecule has 2 N–H and O–H groups in total. The molecule has 0 bridgehead atoms. The van der Waals surface area contributed by atoms with E-state index in [2.05, 4.69) is 10.0 Å². The van der Waals surface area contributed by atoms with Crippen molar-refractivity contribution in [3.05, 3.63) is 83.9 Å². The van der Waals surface area contributed by atoms with Gasteiger partial charge in [0, 0.05) is 23.0 Å². The van der Waals surface area contributed by atoms with Crippen LogP contribution in [0.3, 0.4) is 0 Å². The van der Waals surface area contributed by atoms with Crippen molar-refractivity contribution >= 4 is 27.3 Å². The van der Waals surface area contributed by atoms with Crippen molar-refractivity contribution in [1.29, 1.82) is 0 Å². The fourth-order valence-electron chi connectivity index (χ4n) is 2.78. The van der Waals surface area contributed by atoms with Crippen LogP contribution in [0, 0.1) is 6.92 Å². The molecule has 1 amide bonds. The van der Waals surface area contributed by atoms with E-state index in [1.807, 2.05) is 26.8 Å². The Hall–Kier alpha value is -3.32. The molecule has 0 spiro atoms. The van der Waals surface area contributed by atoms with Crippen molar-refractivity contribution in [3.63, 3.8) is 0 Å². The van der Waals surface area contributed by atoms with E-state index in [0.717, 1.165) is 5.56 Å². The highest BCUT2D eigenvalue weighted by Crippen LogP contribution is 2.21. The highest BCUT2D eigenvalue weighted by molar-refractivity contribution is 7.92. The maximum atomic E-state index is 12.6. The fraction of sp³-hybridized carbons (Fsp3) is 0.174. The van der Waals surface area contributed by atoms with Crippen LogP contribution in [0.2, 0.25) is 0 Å². The van der Waals surface area contributed by atoms with Gasteiger partial charge in [0.15, 0.2) is 0 Å². The largest absolute Gasteiger partial charge is 0.491 e. The van der Waals surface area contributed by atoms with E-state index in [-0.39, 0.29) is 16.9 Å². The average Bonchev–Trinajstić information content (AvgIpc) is 2.68. The molecule has 0 radical (unpaired) electrons. The normalized spacial score (nSPS) is 11.2. The second kappa shape index (κ2) is 9.00. The number of benzene rings is 3. The van der Waals surface area contributed by atoms with Crippen molar-refractivity contribution in [3.8, 4) is 5.75 Å². The van der Waals surface area contributed by atoms with E-state index in [4.69, 9.17) is 4.74 Å². The van der Waals surface area contributed by atoms with Crippen molar-refractivity contribution in [2.75, 3.05) is 10.0 Å². The van der Waals surface area contributed by atoms with E-state index in [1.54, 1.807) is 60.7 Å².